The van der Waals surface area contributed by atoms with Crippen molar-refractivity contribution in [2.45, 2.75) is 26.4 Å². The number of anilines is 1. The zero-order valence-corrected chi connectivity index (χ0v) is 17.8. The van der Waals surface area contributed by atoms with Gasteiger partial charge >= 0.3 is 6.18 Å². The number of amides is 1. The number of aromatic nitrogens is 4. The minimum Gasteiger partial charge on any atom is -0.353 e. The van der Waals surface area contributed by atoms with Crippen molar-refractivity contribution in [2.24, 2.45) is 0 Å². The number of halogens is 3. The lowest BCUT2D eigenvalue weighted by Crippen LogP contribution is -2.49. The molecule has 1 aromatic carbocycles. The van der Waals surface area contributed by atoms with E-state index in [-0.39, 0.29) is 12.3 Å². The predicted molar refractivity (Wildman–Crippen MR) is 113 cm³/mol. The second-order valence-corrected chi connectivity index (χ2v) is 7.76. The molecule has 1 fully saturated rings. The first-order valence-electron chi connectivity index (χ1n) is 10.2. The third kappa shape index (κ3) is 4.58. The minimum atomic E-state index is -4.38. The van der Waals surface area contributed by atoms with Crippen LogP contribution in [-0.4, -0.2) is 56.5 Å². The molecule has 0 aliphatic carbocycles. The van der Waals surface area contributed by atoms with Crippen molar-refractivity contribution in [3.8, 4) is 5.82 Å². The van der Waals surface area contributed by atoms with Gasteiger partial charge in [-0.05, 0) is 31.5 Å². The molecular weight excluding hydrogens is 421 g/mol. The Morgan fingerprint density at radius 3 is 2.22 bits per heavy atom. The van der Waals surface area contributed by atoms with Crippen LogP contribution < -0.4 is 4.90 Å². The predicted octanol–water partition coefficient (Wildman–Crippen LogP) is 3.19. The summed E-state index contributed by atoms with van der Waals surface area (Å²) in [6.07, 6.45) is -1.06. The molecule has 0 atom stereocenters. The van der Waals surface area contributed by atoms with Gasteiger partial charge in [0.05, 0.1) is 17.7 Å². The van der Waals surface area contributed by atoms with Crippen LogP contribution in [0.1, 0.15) is 22.5 Å². The lowest BCUT2D eigenvalue weighted by atomic mass is 10.1. The quantitative estimate of drug-likeness (QED) is 0.618. The molecule has 32 heavy (non-hydrogen) atoms. The number of rotatable bonds is 4. The van der Waals surface area contributed by atoms with Gasteiger partial charge in [0, 0.05) is 37.9 Å². The van der Waals surface area contributed by atoms with E-state index in [1.807, 2.05) is 24.5 Å². The van der Waals surface area contributed by atoms with Gasteiger partial charge in [0.2, 0.25) is 5.91 Å². The Morgan fingerprint density at radius 2 is 1.62 bits per heavy atom. The van der Waals surface area contributed by atoms with Crippen molar-refractivity contribution in [1.29, 1.82) is 0 Å². The summed E-state index contributed by atoms with van der Waals surface area (Å²) in [6, 6.07) is 6.64. The van der Waals surface area contributed by atoms with Gasteiger partial charge in [-0.2, -0.15) is 13.2 Å². The van der Waals surface area contributed by atoms with Crippen molar-refractivity contribution in [2.75, 3.05) is 31.1 Å². The first-order valence-corrected chi connectivity index (χ1v) is 10.2. The van der Waals surface area contributed by atoms with Crippen molar-refractivity contribution >= 4 is 11.7 Å². The number of piperazine rings is 1. The molecule has 1 amide bonds. The standard InChI is InChI=1S/C22H23F3N6O/c1-15-16(2)31(14-28-15)20-12-19(26-13-27-20)29-7-9-30(10-8-29)21(32)11-17-3-5-18(6-4-17)22(23,24)25/h3-6,12-14H,7-11H2,1-2H3. The van der Waals surface area contributed by atoms with Gasteiger partial charge in [0.1, 0.15) is 24.3 Å². The molecule has 1 aliphatic rings. The average Bonchev–Trinajstić information content (AvgIpc) is 3.12. The molecule has 1 saturated heterocycles. The molecule has 0 N–H and O–H groups in total. The normalized spacial score (nSPS) is 14.7. The van der Waals surface area contributed by atoms with E-state index < -0.39 is 11.7 Å². The summed E-state index contributed by atoms with van der Waals surface area (Å²) in [6.45, 7) is 6.17. The first-order chi connectivity index (χ1) is 15.2. The third-order valence-corrected chi connectivity index (χ3v) is 5.73. The first kappa shape index (κ1) is 21.8. The molecule has 4 rings (SSSR count). The van der Waals surface area contributed by atoms with Gasteiger partial charge in [-0.15, -0.1) is 0 Å². The number of nitrogens with zero attached hydrogens (tertiary/aromatic N) is 6. The van der Waals surface area contributed by atoms with E-state index in [4.69, 9.17) is 0 Å². The van der Waals surface area contributed by atoms with Crippen LogP contribution in [0.3, 0.4) is 0 Å². The maximum Gasteiger partial charge on any atom is 0.416 e. The van der Waals surface area contributed by atoms with Crippen LogP contribution >= 0.6 is 0 Å². The number of aryl methyl sites for hydroxylation is 1. The van der Waals surface area contributed by atoms with Gasteiger partial charge in [-0.25, -0.2) is 15.0 Å². The average molecular weight is 444 g/mol. The van der Waals surface area contributed by atoms with Crippen LogP contribution in [0.2, 0.25) is 0 Å². The van der Waals surface area contributed by atoms with E-state index in [1.165, 1.54) is 18.5 Å². The highest BCUT2D eigenvalue weighted by molar-refractivity contribution is 5.79. The van der Waals surface area contributed by atoms with Crippen LogP contribution in [0.15, 0.2) is 43.0 Å². The highest BCUT2D eigenvalue weighted by Crippen LogP contribution is 2.29. The van der Waals surface area contributed by atoms with Crippen molar-refractivity contribution in [3.05, 3.63) is 65.5 Å². The van der Waals surface area contributed by atoms with E-state index in [0.29, 0.717) is 31.7 Å². The van der Waals surface area contributed by atoms with Crippen molar-refractivity contribution in [1.82, 2.24) is 24.4 Å². The number of carbonyl (C=O) groups excluding carboxylic acids is 1. The summed E-state index contributed by atoms with van der Waals surface area (Å²) in [5.74, 6) is 1.40. The molecule has 7 nitrogen and oxygen atoms in total. The monoisotopic (exact) mass is 444 g/mol. The summed E-state index contributed by atoms with van der Waals surface area (Å²) in [5.41, 5.74) is 1.79. The van der Waals surface area contributed by atoms with E-state index in [9.17, 15) is 18.0 Å². The van der Waals surface area contributed by atoms with E-state index in [0.717, 1.165) is 35.2 Å². The molecule has 3 heterocycles. The molecule has 3 aromatic rings. The smallest absolute Gasteiger partial charge is 0.353 e. The number of imidazole rings is 1. The summed E-state index contributed by atoms with van der Waals surface area (Å²) in [4.78, 5) is 29.5. The maximum atomic E-state index is 12.7. The maximum absolute atomic E-state index is 12.7. The Kier molecular flexibility index (Phi) is 5.86. The Bertz CT molecular complexity index is 1100. The molecule has 1 aliphatic heterocycles. The van der Waals surface area contributed by atoms with Gasteiger partial charge in [-0.3, -0.25) is 9.36 Å². The summed E-state index contributed by atoms with van der Waals surface area (Å²) in [7, 11) is 0. The summed E-state index contributed by atoms with van der Waals surface area (Å²) in [5, 5.41) is 0. The van der Waals surface area contributed by atoms with Crippen LogP contribution in [-0.2, 0) is 17.4 Å². The van der Waals surface area contributed by atoms with E-state index >= 15 is 0 Å². The molecular formula is C22H23F3N6O. The fourth-order valence-corrected chi connectivity index (χ4v) is 3.65. The second kappa shape index (κ2) is 8.60. The minimum absolute atomic E-state index is 0.0784. The van der Waals surface area contributed by atoms with Gasteiger partial charge < -0.3 is 9.80 Å². The van der Waals surface area contributed by atoms with Crippen LogP contribution in [0.4, 0.5) is 19.0 Å². The number of alkyl halides is 3. The molecule has 10 heteroatoms. The SMILES string of the molecule is Cc1ncn(-c2cc(N3CCN(C(=O)Cc4ccc(C(F)(F)F)cc4)CC3)ncn2)c1C. The molecule has 0 spiro atoms. The number of carbonyl (C=O) groups is 1. The Hall–Kier alpha value is -3.43. The van der Waals surface area contributed by atoms with E-state index in [2.05, 4.69) is 19.9 Å². The van der Waals surface area contributed by atoms with Gasteiger partial charge in [-0.1, -0.05) is 12.1 Å². The molecule has 0 unspecified atom stereocenters. The highest BCUT2D eigenvalue weighted by Gasteiger charge is 2.30. The Labute approximate surface area is 183 Å². The summed E-state index contributed by atoms with van der Waals surface area (Å²) < 4.78 is 40.0. The zero-order valence-electron chi connectivity index (χ0n) is 17.8. The van der Waals surface area contributed by atoms with Crippen LogP contribution in [0, 0.1) is 13.8 Å². The fourth-order valence-electron chi connectivity index (χ4n) is 3.65. The van der Waals surface area contributed by atoms with Crippen molar-refractivity contribution < 1.29 is 18.0 Å². The number of benzene rings is 1. The Balaban J connectivity index is 1.36. The largest absolute Gasteiger partial charge is 0.416 e. The molecule has 0 saturated carbocycles. The summed E-state index contributed by atoms with van der Waals surface area (Å²) >= 11 is 0. The highest BCUT2D eigenvalue weighted by atomic mass is 19.4. The van der Waals surface area contributed by atoms with Crippen molar-refractivity contribution in [3.63, 3.8) is 0 Å². The number of hydrogen-bond acceptors (Lipinski definition) is 5. The fraction of sp³-hybridized carbons (Fsp3) is 0.364. The van der Waals surface area contributed by atoms with Crippen LogP contribution in [0.25, 0.3) is 5.82 Å². The zero-order chi connectivity index (χ0) is 22.9. The second-order valence-electron chi connectivity index (χ2n) is 7.76. The topological polar surface area (TPSA) is 67.2 Å². The third-order valence-electron chi connectivity index (χ3n) is 5.73. The lowest BCUT2D eigenvalue weighted by molar-refractivity contribution is -0.137. The van der Waals surface area contributed by atoms with Crippen LogP contribution in [0.5, 0.6) is 0 Å². The van der Waals surface area contributed by atoms with Gasteiger partial charge in [0.15, 0.2) is 0 Å². The molecule has 0 radical (unpaired) electrons. The Morgan fingerprint density at radius 1 is 0.969 bits per heavy atom. The van der Waals surface area contributed by atoms with Gasteiger partial charge in [0.25, 0.3) is 0 Å². The number of hydrogen-bond donors (Lipinski definition) is 0. The lowest BCUT2D eigenvalue weighted by Gasteiger charge is -2.35. The molecule has 168 valence electrons. The van der Waals surface area contributed by atoms with E-state index in [1.54, 1.807) is 11.2 Å². The molecule has 0 bridgehead atoms. The molecule has 2 aromatic heterocycles.